The maximum Gasteiger partial charge on any atom is 0.0740 e. The van der Waals surface area contributed by atoms with E-state index in [1.807, 2.05) is 11.8 Å². The Balaban J connectivity index is 1.65. The van der Waals surface area contributed by atoms with Crippen molar-refractivity contribution in [2.24, 2.45) is 17.3 Å². The summed E-state index contributed by atoms with van der Waals surface area (Å²) in [6.45, 7) is 9.13. The molecule has 2 aliphatic rings. The summed E-state index contributed by atoms with van der Waals surface area (Å²) in [6.07, 6.45) is 10.5. The van der Waals surface area contributed by atoms with Crippen LogP contribution < -0.4 is 0 Å². The average molecular weight is 299 g/mol. The van der Waals surface area contributed by atoms with Crippen LogP contribution in [0.3, 0.4) is 0 Å². The van der Waals surface area contributed by atoms with Crippen molar-refractivity contribution in [3.05, 3.63) is 0 Å². The molecule has 20 heavy (non-hydrogen) atoms. The summed E-state index contributed by atoms with van der Waals surface area (Å²) in [6, 6.07) is 0. The summed E-state index contributed by atoms with van der Waals surface area (Å²) >= 11 is 2.05. The third kappa shape index (κ3) is 3.74. The van der Waals surface area contributed by atoms with Gasteiger partial charge in [0.15, 0.2) is 0 Å². The van der Waals surface area contributed by atoms with Gasteiger partial charge in [0, 0.05) is 5.25 Å². The molecule has 4 unspecified atom stereocenters. The van der Waals surface area contributed by atoms with Gasteiger partial charge in [-0.2, -0.15) is 11.8 Å². The Labute approximate surface area is 130 Å². The third-order valence-electron chi connectivity index (χ3n) is 5.90. The van der Waals surface area contributed by atoms with E-state index in [9.17, 15) is 5.11 Å². The molecule has 1 N–H and O–H groups in total. The fraction of sp³-hybridized carbons (Fsp3) is 1.00. The Morgan fingerprint density at radius 2 is 1.65 bits per heavy atom. The number of thioether (sulfide) groups is 1. The predicted molar refractivity (Wildman–Crippen MR) is 90.2 cm³/mol. The van der Waals surface area contributed by atoms with E-state index in [2.05, 4.69) is 27.7 Å². The highest BCUT2D eigenvalue weighted by atomic mass is 32.2. The van der Waals surface area contributed by atoms with Crippen LogP contribution in [0.2, 0.25) is 0 Å². The molecule has 0 aromatic carbocycles. The van der Waals surface area contributed by atoms with Gasteiger partial charge in [0.2, 0.25) is 0 Å². The molecule has 0 amide bonds. The molecule has 0 aromatic heterocycles. The number of rotatable bonds is 8. The van der Waals surface area contributed by atoms with Gasteiger partial charge in [-0.05, 0) is 49.2 Å². The van der Waals surface area contributed by atoms with Crippen LogP contribution >= 0.6 is 11.8 Å². The second-order valence-corrected chi connectivity index (χ2v) is 9.27. The summed E-state index contributed by atoms with van der Waals surface area (Å²) in [7, 11) is 0. The van der Waals surface area contributed by atoms with Crippen molar-refractivity contribution in [2.75, 3.05) is 5.75 Å². The van der Waals surface area contributed by atoms with Crippen molar-refractivity contribution in [1.29, 1.82) is 0 Å². The van der Waals surface area contributed by atoms with Crippen LogP contribution in [-0.4, -0.2) is 21.7 Å². The molecule has 1 nitrogen and oxygen atoms in total. The van der Waals surface area contributed by atoms with E-state index < -0.39 is 5.60 Å². The largest absolute Gasteiger partial charge is 0.389 e. The van der Waals surface area contributed by atoms with Gasteiger partial charge in [-0.3, -0.25) is 0 Å². The molecule has 2 aliphatic carbocycles. The van der Waals surface area contributed by atoms with E-state index in [1.165, 1.54) is 50.7 Å². The van der Waals surface area contributed by atoms with Crippen molar-refractivity contribution in [3.63, 3.8) is 0 Å². The standard InChI is InChI=1S/C18H34OS/c1-5-6-7-8-9-10-11-20-16-12-14-15(17(14,2)3)13-18(16,4)19/h14-16,19H,5-13H2,1-4H3. The smallest absolute Gasteiger partial charge is 0.0740 e. The molecule has 0 aromatic rings. The van der Waals surface area contributed by atoms with Crippen LogP contribution in [-0.2, 0) is 0 Å². The monoisotopic (exact) mass is 298 g/mol. The molecular formula is C18H34OS. The van der Waals surface area contributed by atoms with Crippen LogP contribution in [0.25, 0.3) is 0 Å². The van der Waals surface area contributed by atoms with Crippen molar-refractivity contribution in [2.45, 2.75) is 89.9 Å². The highest BCUT2D eigenvalue weighted by Crippen LogP contribution is 2.67. The fourth-order valence-corrected chi connectivity index (χ4v) is 5.60. The quantitative estimate of drug-likeness (QED) is 0.616. The molecule has 2 heteroatoms. The first-order chi connectivity index (χ1) is 9.39. The molecule has 0 aliphatic heterocycles. The normalized spacial score (nSPS) is 38.5. The van der Waals surface area contributed by atoms with E-state index in [0.717, 1.165) is 18.3 Å². The second kappa shape index (κ2) is 6.60. The summed E-state index contributed by atoms with van der Waals surface area (Å²) in [5.41, 5.74) is 0.0707. The lowest BCUT2D eigenvalue weighted by Gasteiger charge is -2.36. The van der Waals surface area contributed by atoms with Crippen molar-refractivity contribution < 1.29 is 5.11 Å². The Hall–Kier alpha value is 0.310. The number of aliphatic hydroxyl groups is 1. The van der Waals surface area contributed by atoms with E-state index >= 15 is 0 Å². The lowest BCUT2D eigenvalue weighted by molar-refractivity contribution is 0.0244. The number of fused-ring (bicyclic) bond motifs is 1. The van der Waals surface area contributed by atoms with E-state index in [1.54, 1.807) is 0 Å². The molecule has 2 rings (SSSR count). The molecule has 0 bridgehead atoms. The lowest BCUT2D eigenvalue weighted by Crippen LogP contribution is -2.41. The first-order valence-electron chi connectivity index (χ1n) is 8.73. The third-order valence-corrected chi connectivity index (χ3v) is 7.53. The first kappa shape index (κ1) is 16.7. The van der Waals surface area contributed by atoms with Gasteiger partial charge in [0.05, 0.1) is 5.60 Å². The number of hydrogen-bond donors (Lipinski definition) is 1. The zero-order valence-electron chi connectivity index (χ0n) is 14.0. The highest BCUT2D eigenvalue weighted by Gasteiger charge is 2.63. The molecule has 118 valence electrons. The van der Waals surface area contributed by atoms with E-state index in [0.29, 0.717) is 10.7 Å². The van der Waals surface area contributed by atoms with Gasteiger partial charge in [-0.1, -0.05) is 52.9 Å². The van der Waals surface area contributed by atoms with Crippen LogP contribution in [0.15, 0.2) is 0 Å². The zero-order chi connectivity index (χ0) is 14.8. The van der Waals surface area contributed by atoms with Crippen LogP contribution in [0.4, 0.5) is 0 Å². The zero-order valence-corrected chi connectivity index (χ0v) is 14.8. The van der Waals surface area contributed by atoms with Crippen LogP contribution in [0.5, 0.6) is 0 Å². The summed E-state index contributed by atoms with van der Waals surface area (Å²) in [5.74, 6) is 2.90. The average Bonchev–Trinajstić information content (AvgIpc) is 2.88. The molecular weight excluding hydrogens is 264 g/mol. The molecule has 2 saturated carbocycles. The van der Waals surface area contributed by atoms with Crippen molar-refractivity contribution >= 4 is 11.8 Å². The van der Waals surface area contributed by atoms with Gasteiger partial charge in [-0.15, -0.1) is 0 Å². The van der Waals surface area contributed by atoms with Gasteiger partial charge in [0.1, 0.15) is 0 Å². The number of unbranched alkanes of at least 4 members (excludes halogenated alkanes) is 5. The van der Waals surface area contributed by atoms with Crippen LogP contribution in [0.1, 0.15) is 79.1 Å². The van der Waals surface area contributed by atoms with Gasteiger partial charge in [0.25, 0.3) is 0 Å². The molecule has 2 fully saturated rings. The predicted octanol–water partition coefficient (Wildman–Crippen LogP) is 5.27. The SMILES string of the molecule is CCCCCCCCSC1CC2C(CC1(C)O)C2(C)C. The number of hydrogen-bond acceptors (Lipinski definition) is 2. The Morgan fingerprint density at radius 1 is 1.00 bits per heavy atom. The topological polar surface area (TPSA) is 20.2 Å². The minimum absolute atomic E-state index is 0.429. The molecule has 0 spiro atoms. The maximum absolute atomic E-state index is 10.7. The Bertz CT molecular complexity index is 311. The Morgan fingerprint density at radius 3 is 2.35 bits per heavy atom. The van der Waals surface area contributed by atoms with Crippen LogP contribution in [0, 0.1) is 17.3 Å². The Kier molecular flexibility index (Phi) is 5.51. The van der Waals surface area contributed by atoms with E-state index in [-0.39, 0.29) is 0 Å². The maximum atomic E-state index is 10.7. The van der Waals surface area contributed by atoms with Gasteiger partial charge < -0.3 is 5.11 Å². The van der Waals surface area contributed by atoms with Crippen molar-refractivity contribution in [3.8, 4) is 0 Å². The lowest BCUT2D eigenvalue weighted by atomic mass is 9.86. The van der Waals surface area contributed by atoms with E-state index in [4.69, 9.17) is 0 Å². The minimum atomic E-state index is -0.429. The van der Waals surface area contributed by atoms with Gasteiger partial charge in [-0.25, -0.2) is 0 Å². The minimum Gasteiger partial charge on any atom is -0.389 e. The van der Waals surface area contributed by atoms with Gasteiger partial charge >= 0.3 is 0 Å². The molecule has 0 heterocycles. The summed E-state index contributed by atoms with van der Waals surface area (Å²) in [4.78, 5) is 0. The molecule has 0 radical (unpaired) electrons. The molecule has 0 saturated heterocycles. The summed E-state index contributed by atoms with van der Waals surface area (Å²) < 4.78 is 0. The first-order valence-corrected chi connectivity index (χ1v) is 9.78. The van der Waals surface area contributed by atoms with Crippen molar-refractivity contribution in [1.82, 2.24) is 0 Å². The fourth-order valence-electron chi connectivity index (χ4n) is 4.15. The second-order valence-electron chi connectivity index (χ2n) is 7.96. The highest BCUT2D eigenvalue weighted by molar-refractivity contribution is 7.99. The molecule has 4 atom stereocenters. The summed E-state index contributed by atoms with van der Waals surface area (Å²) in [5, 5.41) is 11.2.